The third-order valence-electron chi connectivity index (χ3n) is 7.56. The maximum absolute atomic E-state index is 8.97. The molecule has 0 bridgehead atoms. The first-order chi connectivity index (χ1) is 13.3. The van der Waals surface area contributed by atoms with Crippen LogP contribution < -0.4 is 0 Å². The van der Waals surface area contributed by atoms with Crippen LogP contribution in [-0.2, 0) is 0 Å². The molecule has 0 amide bonds. The van der Waals surface area contributed by atoms with Crippen LogP contribution in [0.15, 0.2) is 24.3 Å². The molecule has 0 spiro atoms. The fraction of sp³-hybridized carbons (Fsp3) is 0.731. The van der Waals surface area contributed by atoms with E-state index < -0.39 is 0 Å². The van der Waals surface area contributed by atoms with Crippen molar-refractivity contribution in [1.29, 1.82) is 5.26 Å². The molecule has 2 aliphatic carbocycles. The van der Waals surface area contributed by atoms with E-state index in [2.05, 4.69) is 25.1 Å². The Morgan fingerprint density at radius 3 is 1.96 bits per heavy atom. The molecule has 27 heavy (non-hydrogen) atoms. The van der Waals surface area contributed by atoms with Crippen molar-refractivity contribution in [3.05, 3.63) is 35.4 Å². The molecule has 0 unspecified atom stereocenters. The molecule has 0 saturated heterocycles. The van der Waals surface area contributed by atoms with Crippen molar-refractivity contribution >= 4 is 0 Å². The van der Waals surface area contributed by atoms with Gasteiger partial charge >= 0.3 is 0 Å². The van der Waals surface area contributed by atoms with E-state index in [4.69, 9.17) is 5.26 Å². The van der Waals surface area contributed by atoms with Crippen molar-refractivity contribution in [3.8, 4) is 6.07 Å². The molecular formula is C26H39N. The Balaban J connectivity index is 1.35. The Morgan fingerprint density at radius 1 is 0.778 bits per heavy atom. The Bertz CT molecular complexity index is 565. The molecule has 1 aromatic rings. The minimum atomic E-state index is 0.730. The number of nitriles is 1. The van der Waals surface area contributed by atoms with Crippen molar-refractivity contribution < 1.29 is 0 Å². The van der Waals surface area contributed by atoms with Gasteiger partial charge in [-0.3, -0.25) is 0 Å². The molecule has 2 fully saturated rings. The van der Waals surface area contributed by atoms with E-state index in [1.165, 1.54) is 95.5 Å². The van der Waals surface area contributed by atoms with Crippen molar-refractivity contribution in [1.82, 2.24) is 0 Å². The molecule has 3 rings (SSSR count). The molecule has 0 N–H and O–H groups in total. The number of nitrogens with zero attached hydrogens (tertiary/aromatic N) is 1. The normalized spacial score (nSPS) is 28.6. The van der Waals surface area contributed by atoms with Gasteiger partial charge < -0.3 is 0 Å². The molecule has 1 heteroatoms. The van der Waals surface area contributed by atoms with E-state index in [1.54, 1.807) is 0 Å². The van der Waals surface area contributed by atoms with Crippen LogP contribution in [0.5, 0.6) is 0 Å². The first-order valence-electron chi connectivity index (χ1n) is 11.8. The topological polar surface area (TPSA) is 23.8 Å². The van der Waals surface area contributed by atoms with Crippen molar-refractivity contribution in [2.75, 3.05) is 0 Å². The third kappa shape index (κ3) is 6.10. The number of hydrogen-bond donors (Lipinski definition) is 0. The predicted molar refractivity (Wildman–Crippen MR) is 115 cm³/mol. The second kappa shape index (κ2) is 10.9. The quantitative estimate of drug-likeness (QED) is 0.428. The Morgan fingerprint density at radius 2 is 1.37 bits per heavy atom. The monoisotopic (exact) mass is 365 g/mol. The number of rotatable bonds is 8. The highest BCUT2D eigenvalue weighted by Crippen LogP contribution is 2.44. The Hall–Kier alpha value is -1.29. The standard InChI is InChI=1S/C26H39N/c1-2-3-4-5-6-7-21-8-12-23(13-9-21)25-16-18-26(19-17-25)24-14-10-22(20-27)11-15-24/h10-11,14-15,21,23,25-26H,2-9,12-13,16-19H2,1H3/t21-,23-,25?,26?. The van der Waals surface area contributed by atoms with E-state index >= 15 is 0 Å². The number of hydrogen-bond acceptors (Lipinski definition) is 1. The second-order valence-electron chi connectivity index (χ2n) is 9.33. The van der Waals surface area contributed by atoms with Gasteiger partial charge in [-0.2, -0.15) is 5.26 Å². The number of benzene rings is 1. The van der Waals surface area contributed by atoms with Crippen LogP contribution in [0, 0.1) is 29.1 Å². The first-order valence-corrected chi connectivity index (χ1v) is 11.8. The van der Waals surface area contributed by atoms with Gasteiger partial charge in [0.25, 0.3) is 0 Å². The van der Waals surface area contributed by atoms with E-state index in [1.807, 2.05) is 12.1 Å². The summed E-state index contributed by atoms with van der Waals surface area (Å²) >= 11 is 0. The van der Waals surface area contributed by atoms with Gasteiger partial charge in [-0.25, -0.2) is 0 Å². The lowest BCUT2D eigenvalue weighted by Gasteiger charge is -2.38. The van der Waals surface area contributed by atoms with Crippen LogP contribution >= 0.6 is 0 Å². The average molecular weight is 366 g/mol. The Kier molecular flexibility index (Phi) is 8.25. The van der Waals surface area contributed by atoms with Crippen molar-refractivity contribution in [3.63, 3.8) is 0 Å². The summed E-state index contributed by atoms with van der Waals surface area (Å²) < 4.78 is 0. The van der Waals surface area contributed by atoms with Crippen LogP contribution in [-0.4, -0.2) is 0 Å². The van der Waals surface area contributed by atoms with Gasteiger partial charge in [-0.15, -0.1) is 0 Å². The average Bonchev–Trinajstić information content (AvgIpc) is 2.74. The molecule has 0 aromatic heterocycles. The van der Waals surface area contributed by atoms with Crippen molar-refractivity contribution in [2.24, 2.45) is 17.8 Å². The zero-order valence-electron chi connectivity index (χ0n) is 17.5. The lowest BCUT2D eigenvalue weighted by molar-refractivity contribution is 0.155. The molecule has 0 atom stereocenters. The summed E-state index contributed by atoms with van der Waals surface area (Å²) in [5.74, 6) is 3.78. The summed E-state index contributed by atoms with van der Waals surface area (Å²) in [5, 5.41) is 8.97. The summed E-state index contributed by atoms with van der Waals surface area (Å²) in [7, 11) is 0. The zero-order valence-corrected chi connectivity index (χ0v) is 17.5. The van der Waals surface area contributed by atoms with Gasteiger partial charge in [0.15, 0.2) is 0 Å². The summed E-state index contributed by atoms with van der Waals surface area (Å²) in [6.45, 7) is 2.30. The second-order valence-corrected chi connectivity index (χ2v) is 9.33. The highest BCUT2D eigenvalue weighted by Gasteiger charge is 2.31. The largest absolute Gasteiger partial charge is 0.192 e. The van der Waals surface area contributed by atoms with E-state index in [0.717, 1.165) is 29.2 Å². The molecule has 1 aromatic carbocycles. The van der Waals surface area contributed by atoms with Crippen molar-refractivity contribution in [2.45, 2.75) is 103 Å². The van der Waals surface area contributed by atoms with Gasteiger partial charge in [-0.1, -0.05) is 70.4 Å². The number of unbranched alkanes of at least 4 members (excludes halogenated alkanes) is 4. The van der Waals surface area contributed by atoms with E-state index in [9.17, 15) is 0 Å². The van der Waals surface area contributed by atoms with Gasteiger partial charge in [0.2, 0.25) is 0 Å². The first kappa shape index (κ1) is 20.4. The molecule has 0 radical (unpaired) electrons. The molecule has 148 valence electrons. The van der Waals surface area contributed by atoms with Crippen LogP contribution in [0.3, 0.4) is 0 Å². The highest BCUT2D eigenvalue weighted by atomic mass is 14.4. The Labute approximate surface area is 167 Å². The molecule has 1 nitrogen and oxygen atoms in total. The van der Waals surface area contributed by atoms with Crippen LogP contribution in [0.4, 0.5) is 0 Å². The van der Waals surface area contributed by atoms with E-state index in [0.29, 0.717) is 0 Å². The molecule has 2 saturated carbocycles. The minimum absolute atomic E-state index is 0.730. The van der Waals surface area contributed by atoms with E-state index in [-0.39, 0.29) is 0 Å². The summed E-state index contributed by atoms with van der Waals surface area (Å²) in [4.78, 5) is 0. The van der Waals surface area contributed by atoms with Gasteiger partial charge in [0, 0.05) is 0 Å². The molecule has 2 aliphatic rings. The van der Waals surface area contributed by atoms with Gasteiger partial charge in [0.1, 0.15) is 0 Å². The SMILES string of the molecule is CCCCCCC[C@H]1CC[C@H](C2CCC(c3ccc(C#N)cc3)CC2)CC1. The fourth-order valence-electron chi connectivity index (χ4n) is 5.74. The van der Waals surface area contributed by atoms with Crippen LogP contribution in [0.1, 0.15) is 114 Å². The highest BCUT2D eigenvalue weighted by molar-refractivity contribution is 5.33. The maximum Gasteiger partial charge on any atom is 0.0991 e. The summed E-state index contributed by atoms with van der Waals surface area (Å²) in [6.07, 6.45) is 20.3. The molecule has 0 heterocycles. The fourth-order valence-corrected chi connectivity index (χ4v) is 5.74. The minimum Gasteiger partial charge on any atom is -0.192 e. The van der Waals surface area contributed by atoms with Gasteiger partial charge in [0.05, 0.1) is 11.6 Å². The molecule has 0 aliphatic heterocycles. The third-order valence-corrected chi connectivity index (χ3v) is 7.56. The van der Waals surface area contributed by atoms with Crippen LogP contribution in [0.2, 0.25) is 0 Å². The smallest absolute Gasteiger partial charge is 0.0991 e. The summed E-state index contributed by atoms with van der Waals surface area (Å²) in [5.41, 5.74) is 2.24. The summed E-state index contributed by atoms with van der Waals surface area (Å²) in [6, 6.07) is 10.6. The lowest BCUT2D eigenvalue weighted by atomic mass is 9.68. The predicted octanol–water partition coefficient (Wildman–Crippen LogP) is 8.00. The van der Waals surface area contributed by atoms with Gasteiger partial charge in [-0.05, 0) is 79.9 Å². The lowest BCUT2D eigenvalue weighted by Crippen LogP contribution is -2.25. The molecular weight excluding hydrogens is 326 g/mol. The zero-order chi connectivity index (χ0) is 18.9. The maximum atomic E-state index is 8.97. The van der Waals surface area contributed by atoms with Crippen LogP contribution in [0.25, 0.3) is 0 Å².